The number of nitrogens with one attached hydrogen (secondary N) is 2. The molecule has 58 valence electrons. The van der Waals surface area contributed by atoms with E-state index in [4.69, 9.17) is 5.21 Å². The molecule has 2 fully saturated rings. The summed E-state index contributed by atoms with van der Waals surface area (Å²) in [5.74, 6) is 0. The van der Waals surface area contributed by atoms with Gasteiger partial charge in [-0.25, -0.2) is 0 Å². The lowest BCUT2D eigenvalue weighted by molar-refractivity contribution is 0.0320. The molecule has 0 amide bonds. The zero-order valence-corrected chi connectivity index (χ0v) is 6.06. The monoisotopic (exact) mass is 142 g/mol. The SMILES string of the molecule is ONC12CCCC(CC1)N2. The van der Waals surface area contributed by atoms with Gasteiger partial charge >= 0.3 is 0 Å². The van der Waals surface area contributed by atoms with E-state index in [1.165, 1.54) is 19.3 Å². The van der Waals surface area contributed by atoms with Crippen molar-refractivity contribution in [1.29, 1.82) is 0 Å². The van der Waals surface area contributed by atoms with E-state index >= 15 is 0 Å². The van der Waals surface area contributed by atoms with Crippen LogP contribution in [0, 0.1) is 0 Å². The molecule has 3 nitrogen and oxygen atoms in total. The molecule has 2 saturated heterocycles. The Bertz CT molecular complexity index is 136. The molecule has 2 rings (SSSR count). The third-order valence-corrected chi connectivity index (χ3v) is 2.77. The average Bonchev–Trinajstić information content (AvgIpc) is 2.29. The molecule has 0 spiro atoms. The van der Waals surface area contributed by atoms with Crippen molar-refractivity contribution in [3.63, 3.8) is 0 Å². The number of hydroxylamine groups is 1. The van der Waals surface area contributed by atoms with Crippen LogP contribution in [0.2, 0.25) is 0 Å². The number of hydrogen-bond donors (Lipinski definition) is 3. The minimum absolute atomic E-state index is 0.108. The lowest BCUT2D eigenvalue weighted by Gasteiger charge is -2.32. The topological polar surface area (TPSA) is 44.3 Å². The zero-order valence-electron chi connectivity index (χ0n) is 6.06. The maximum atomic E-state index is 8.86. The van der Waals surface area contributed by atoms with Gasteiger partial charge in [-0.3, -0.25) is 5.32 Å². The Morgan fingerprint density at radius 2 is 2.30 bits per heavy atom. The third-order valence-electron chi connectivity index (χ3n) is 2.77. The molecule has 0 aromatic heterocycles. The molecule has 2 aliphatic rings. The van der Waals surface area contributed by atoms with Crippen LogP contribution < -0.4 is 10.8 Å². The van der Waals surface area contributed by atoms with Crippen LogP contribution in [-0.4, -0.2) is 16.9 Å². The summed E-state index contributed by atoms with van der Waals surface area (Å²) in [7, 11) is 0. The van der Waals surface area contributed by atoms with Crippen molar-refractivity contribution >= 4 is 0 Å². The molecular formula is C7H14N2O. The smallest absolute Gasteiger partial charge is 0.0922 e. The van der Waals surface area contributed by atoms with Crippen molar-refractivity contribution in [2.45, 2.75) is 43.8 Å². The predicted molar refractivity (Wildman–Crippen MR) is 37.7 cm³/mol. The lowest BCUT2D eigenvalue weighted by Crippen LogP contribution is -2.55. The highest BCUT2D eigenvalue weighted by Gasteiger charge is 2.40. The second-order valence-corrected chi connectivity index (χ2v) is 3.47. The van der Waals surface area contributed by atoms with E-state index in [0.29, 0.717) is 6.04 Å². The molecule has 0 aromatic carbocycles. The Kier molecular flexibility index (Phi) is 1.44. The molecule has 3 N–H and O–H groups in total. The molecule has 3 heteroatoms. The quantitative estimate of drug-likeness (QED) is 0.470. The predicted octanol–water partition coefficient (Wildman–Crippen LogP) is 0.597. The largest absolute Gasteiger partial charge is 0.315 e. The van der Waals surface area contributed by atoms with Gasteiger partial charge in [-0.1, -0.05) is 0 Å². The number of hydrogen-bond acceptors (Lipinski definition) is 3. The standard InChI is InChI=1S/C7H14N2O/c10-9-7-4-1-2-6(8-7)3-5-7/h6,8-10H,1-5H2. The Morgan fingerprint density at radius 3 is 3.00 bits per heavy atom. The van der Waals surface area contributed by atoms with Crippen LogP contribution in [-0.2, 0) is 0 Å². The summed E-state index contributed by atoms with van der Waals surface area (Å²) < 4.78 is 0. The Hall–Kier alpha value is -0.120. The third kappa shape index (κ3) is 0.856. The summed E-state index contributed by atoms with van der Waals surface area (Å²) >= 11 is 0. The van der Waals surface area contributed by atoms with Crippen molar-refractivity contribution in [3.8, 4) is 0 Å². The average molecular weight is 142 g/mol. The van der Waals surface area contributed by atoms with Gasteiger partial charge in [0.25, 0.3) is 0 Å². The fourth-order valence-corrected chi connectivity index (χ4v) is 2.16. The van der Waals surface area contributed by atoms with Gasteiger partial charge in [0.2, 0.25) is 0 Å². The van der Waals surface area contributed by atoms with E-state index in [0.717, 1.165) is 12.8 Å². The maximum Gasteiger partial charge on any atom is 0.0922 e. The van der Waals surface area contributed by atoms with Gasteiger partial charge in [-0.05, 0) is 32.1 Å². The minimum atomic E-state index is -0.108. The van der Waals surface area contributed by atoms with Crippen LogP contribution in [0.4, 0.5) is 0 Å². The van der Waals surface area contributed by atoms with Gasteiger partial charge < -0.3 is 5.21 Å². The van der Waals surface area contributed by atoms with Gasteiger partial charge in [0.1, 0.15) is 0 Å². The molecule has 2 unspecified atom stereocenters. The summed E-state index contributed by atoms with van der Waals surface area (Å²) in [4.78, 5) is 0. The number of piperidine rings is 1. The zero-order chi connectivity index (χ0) is 7.03. The van der Waals surface area contributed by atoms with E-state index in [2.05, 4.69) is 10.8 Å². The molecule has 2 aliphatic heterocycles. The van der Waals surface area contributed by atoms with Gasteiger partial charge in [0.15, 0.2) is 0 Å². The first-order chi connectivity index (χ1) is 4.85. The molecular weight excluding hydrogens is 128 g/mol. The normalized spacial score (nSPS) is 45.9. The van der Waals surface area contributed by atoms with Crippen LogP contribution in [0.15, 0.2) is 0 Å². The highest BCUT2D eigenvalue weighted by Crippen LogP contribution is 2.32. The van der Waals surface area contributed by atoms with E-state index in [1.54, 1.807) is 0 Å². The van der Waals surface area contributed by atoms with Crippen molar-refractivity contribution in [3.05, 3.63) is 0 Å². The maximum absolute atomic E-state index is 8.86. The fraction of sp³-hybridized carbons (Fsp3) is 1.00. The van der Waals surface area contributed by atoms with Crippen LogP contribution in [0.5, 0.6) is 0 Å². The fourth-order valence-electron chi connectivity index (χ4n) is 2.16. The summed E-state index contributed by atoms with van der Waals surface area (Å²) in [6, 6.07) is 0.661. The van der Waals surface area contributed by atoms with Gasteiger partial charge in [-0.15, -0.1) is 0 Å². The van der Waals surface area contributed by atoms with Crippen molar-refractivity contribution in [2.75, 3.05) is 0 Å². The van der Waals surface area contributed by atoms with Crippen molar-refractivity contribution in [1.82, 2.24) is 10.8 Å². The van der Waals surface area contributed by atoms with E-state index < -0.39 is 0 Å². The van der Waals surface area contributed by atoms with Gasteiger partial charge in [0.05, 0.1) is 5.66 Å². The van der Waals surface area contributed by atoms with Crippen LogP contribution in [0.3, 0.4) is 0 Å². The van der Waals surface area contributed by atoms with Crippen LogP contribution in [0.25, 0.3) is 0 Å². The van der Waals surface area contributed by atoms with Crippen LogP contribution >= 0.6 is 0 Å². The van der Waals surface area contributed by atoms with Gasteiger partial charge in [-0.2, -0.15) is 5.48 Å². The lowest BCUT2D eigenvalue weighted by atomic mass is 10.0. The molecule has 2 atom stereocenters. The molecule has 2 heterocycles. The second kappa shape index (κ2) is 2.19. The highest BCUT2D eigenvalue weighted by atomic mass is 16.5. The van der Waals surface area contributed by atoms with E-state index in [1.807, 2.05) is 0 Å². The van der Waals surface area contributed by atoms with E-state index in [-0.39, 0.29) is 5.66 Å². The van der Waals surface area contributed by atoms with Crippen molar-refractivity contribution < 1.29 is 5.21 Å². The molecule has 2 bridgehead atoms. The summed E-state index contributed by atoms with van der Waals surface area (Å²) in [5, 5.41) is 12.2. The molecule has 0 radical (unpaired) electrons. The Labute approximate surface area is 60.8 Å². The Morgan fingerprint density at radius 1 is 1.40 bits per heavy atom. The van der Waals surface area contributed by atoms with E-state index in [9.17, 15) is 0 Å². The van der Waals surface area contributed by atoms with Crippen molar-refractivity contribution in [2.24, 2.45) is 0 Å². The second-order valence-electron chi connectivity index (χ2n) is 3.47. The summed E-state index contributed by atoms with van der Waals surface area (Å²) in [6.45, 7) is 0. The number of rotatable bonds is 1. The first-order valence-corrected chi connectivity index (χ1v) is 4.04. The molecule has 0 aromatic rings. The minimum Gasteiger partial charge on any atom is -0.315 e. The Balaban J connectivity index is 2.10. The molecule has 0 aliphatic carbocycles. The first-order valence-electron chi connectivity index (χ1n) is 4.04. The summed E-state index contributed by atoms with van der Waals surface area (Å²) in [5.41, 5.74) is 2.29. The highest BCUT2D eigenvalue weighted by molar-refractivity contribution is 4.97. The molecule has 0 saturated carbocycles. The number of fused-ring (bicyclic) bond motifs is 2. The van der Waals surface area contributed by atoms with Gasteiger partial charge in [0, 0.05) is 6.04 Å². The summed E-state index contributed by atoms with van der Waals surface area (Å²) in [6.07, 6.45) is 5.89. The first kappa shape index (κ1) is 6.58. The van der Waals surface area contributed by atoms with Crippen LogP contribution in [0.1, 0.15) is 32.1 Å². The molecule has 10 heavy (non-hydrogen) atoms.